The average molecular weight is 402 g/mol. The van der Waals surface area contributed by atoms with Crippen molar-refractivity contribution in [3.05, 3.63) is 53.3 Å². The Morgan fingerprint density at radius 1 is 1.24 bits per heavy atom. The first-order valence-corrected chi connectivity index (χ1v) is 9.37. The zero-order valence-corrected chi connectivity index (χ0v) is 16.3. The van der Waals surface area contributed by atoms with E-state index in [1.165, 1.54) is 19.4 Å². The summed E-state index contributed by atoms with van der Waals surface area (Å²) in [5.41, 5.74) is 0.839. The van der Waals surface area contributed by atoms with E-state index in [-0.39, 0.29) is 22.9 Å². The first kappa shape index (κ1) is 22.3. The summed E-state index contributed by atoms with van der Waals surface area (Å²) in [4.78, 5) is 28.5. The minimum atomic E-state index is -1.10. The predicted octanol–water partition coefficient (Wildman–Crippen LogP) is 1.95. The number of hydrogen-bond acceptors (Lipinski definition) is 7. The summed E-state index contributed by atoms with van der Waals surface area (Å²) in [6.07, 6.45) is 4.17. The smallest absolute Gasteiger partial charge is 0.255 e. The summed E-state index contributed by atoms with van der Waals surface area (Å²) in [5.74, 6) is 0.227. The van der Waals surface area contributed by atoms with Gasteiger partial charge in [-0.15, -0.1) is 0 Å². The molecule has 1 aromatic carbocycles. The molecule has 0 radical (unpaired) electrons. The number of rotatable bonds is 5. The number of aldehydes is 1. The van der Waals surface area contributed by atoms with Gasteiger partial charge >= 0.3 is 0 Å². The highest BCUT2D eigenvalue weighted by Crippen LogP contribution is 2.24. The first-order valence-electron chi connectivity index (χ1n) is 9.37. The second-order valence-electron chi connectivity index (χ2n) is 6.50. The number of carbonyl (C=O) groups is 2. The van der Waals surface area contributed by atoms with Crippen molar-refractivity contribution in [2.45, 2.75) is 25.4 Å². The van der Waals surface area contributed by atoms with Crippen molar-refractivity contribution in [1.29, 1.82) is 0 Å². The van der Waals surface area contributed by atoms with Crippen LogP contribution in [0.5, 0.6) is 11.5 Å². The number of amides is 1. The number of aliphatic hydroxyl groups is 2. The van der Waals surface area contributed by atoms with Crippen molar-refractivity contribution in [3.63, 3.8) is 0 Å². The number of ether oxygens (including phenoxy) is 1. The van der Waals surface area contributed by atoms with Crippen LogP contribution in [-0.4, -0.2) is 64.2 Å². The fraction of sp³-hybridized carbons (Fsp3) is 0.381. The van der Waals surface area contributed by atoms with Crippen LogP contribution in [0.3, 0.4) is 0 Å². The van der Waals surface area contributed by atoms with Gasteiger partial charge in [-0.3, -0.25) is 14.6 Å². The lowest BCUT2D eigenvalue weighted by atomic mass is 10.1. The van der Waals surface area contributed by atoms with Crippen molar-refractivity contribution in [1.82, 2.24) is 9.88 Å². The Kier molecular flexibility index (Phi) is 8.57. The van der Waals surface area contributed by atoms with Crippen LogP contribution in [0.4, 0.5) is 0 Å². The van der Waals surface area contributed by atoms with Crippen molar-refractivity contribution in [2.24, 2.45) is 0 Å². The maximum Gasteiger partial charge on any atom is 0.255 e. The number of phenols is 1. The van der Waals surface area contributed by atoms with Crippen molar-refractivity contribution in [2.75, 3.05) is 26.8 Å². The number of aliphatic hydroxyl groups excluding tert-OH is 2. The largest absolute Gasteiger partial charge is 0.507 e. The molecule has 29 heavy (non-hydrogen) atoms. The molecule has 1 atom stereocenters. The first-order chi connectivity index (χ1) is 14.0. The van der Waals surface area contributed by atoms with Crippen LogP contribution in [0.15, 0.2) is 36.5 Å². The van der Waals surface area contributed by atoms with Crippen LogP contribution in [0.2, 0.25) is 0 Å². The molecule has 0 bridgehead atoms. The second kappa shape index (κ2) is 11.1. The lowest BCUT2D eigenvalue weighted by Gasteiger charge is -2.27. The van der Waals surface area contributed by atoms with Crippen LogP contribution in [0.25, 0.3) is 0 Å². The second-order valence-corrected chi connectivity index (χ2v) is 6.50. The molecule has 1 unspecified atom stereocenters. The van der Waals surface area contributed by atoms with E-state index in [1.807, 2.05) is 0 Å². The number of pyridine rings is 1. The Morgan fingerprint density at radius 3 is 2.55 bits per heavy atom. The monoisotopic (exact) mass is 402 g/mol. The molecule has 2 aromatic rings. The van der Waals surface area contributed by atoms with Gasteiger partial charge in [0.1, 0.15) is 17.6 Å². The minimum absolute atomic E-state index is 0.0562. The van der Waals surface area contributed by atoms with Gasteiger partial charge in [0.25, 0.3) is 5.91 Å². The lowest BCUT2D eigenvalue weighted by Crippen LogP contribution is -2.36. The molecule has 1 amide bonds. The Labute approximate surface area is 169 Å². The number of hydrogen-bond donors (Lipinski definition) is 3. The van der Waals surface area contributed by atoms with Crippen molar-refractivity contribution >= 4 is 12.2 Å². The predicted molar refractivity (Wildman–Crippen MR) is 106 cm³/mol. The Morgan fingerprint density at radius 2 is 1.97 bits per heavy atom. The van der Waals surface area contributed by atoms with E-state index >= 15 is 0 Å². The van der Waals surface area contributed by atoms with Crippen molar-refractivity contribution in [3.8, 4) is 11.5 Å². The van der Waals surface area contributed by atoms with Gasteiger partial charge in [0.2, 0.25) is 0 Å². The average Bonchev–Trinajstić information content (AvgIpc) is 2.78. The zero-order valence-electron chi connectivity index (χ0n) is 16.3. The highest BCUT2D eigenvalue weighted by molar-refractivity contribution is 5.95. The summed E-state index contributed by atoms with van der Waals surface area (Å²) >= 11 is 0. The van der Waals surface area contributed by atoms with Gasteiger partial charge in [-0.1, -0.05) is 6.07 Å². The molecule has 8 heteroatoms. The Balaban J connectivity index is 0.000000234. The summed E-state index contributed by atoms with van der Waals surface area (Å²) in [6.45, 7) is 1.07. The molecule has 3 N–H and O–H groups in total. The van der Waals surface area contributed by atoms with Crippen LogP contribution in [0.1, 0.15) is 51.8 Å². The minimum Gasteiger partial charge on any atom is -0.507 e. The van der Waals surface area contributed by atoms with E-state index < -0.39 is 12.7 Å². The van der Waals surface area contributed by atoms with E-state index in [1.54, 1.807) is 29.2 Å². The van der Waals surface area contributed by atoms with Gasteiger partial charge in [-0.05, 0) is 43.5 Å². The van der Waals surface area contributed by atoms with Gasteiger partial charge in [-0.2, -0.15) is 0 Å². The van der Waals surface area contributed by atoms with E-state index in [4.69, 9.17) is 14.9 Å². The molecule has 0 aliphatic carbocycles. The number of methoxy groups -OCH3 is 1. The molecule has 0 spiro atoms. The number of aromatic hydroxyl groups is 1. The van der Waals surface area contributed by atoms with Crippen molar-refractivity contribution < 1.29 is 29.6 Å². The highest BCUT2D eigenvalue weighted by atomic mass is 16.5. The van der Waals surface area contributed by atoms with Gasteiger partial charge in [0.15, 0.2) is 6.29 Å². The Bertz CT molecular complexity index is 821. The van der Waals surface area contributed by atoms with Crippen LogP contribution in [0, 0.1) is 0 Å². The van der Waals surface area contributed by atoms with Gasteiger partial charge in [0.05, 0.1) is 30.5 Å². The molecule has 1 aliphatic heterocycles. The topological polar surface area (TPSA) is 120 Å². The number of piperidine rings is 1. The SMILES string of the molecule is COc1cccc(O)c1C=O.O=C(c1cccnc1C(O)CO)N1CCCCC1. The molecule has 1 saturated heterocycles. The molecule has 0 saturated carbocycles. The number of aromatic nitrogens is 1. The molecule has 8 nitrogen and oxygen atoms in total. The zero-order chi connectivity index (χ0) is 21.2. The quantitative estimate of drug-likeness (QED) is 0.654. The van der Waals surface area contributed by atoms with Crippen LogP contribution in [-0.2, 0) is 0 Å². The van der Waals surface area contributed by atoms with E-state index in [0.717, 1.165) is 32.4 Å². The van der Waals surface area contributed by atoms with Gasteiger partial charge < -0.3 is 25.0 Å². The summed E-state index contributed by atoms with van der Waals surface area (Å²) in [6, 6.07) is 7.99. The molecule has 1 fully saturated rings. The number of nitrogens with zero attached hydrogens (tertiary/aromatic N) is 2. The number of phenolic OH excluding ortho intramolecular Hbond substituents is 1. The van der Waals surface area contributed by atoms with Crippen LogP contribution >= 0.6 is 0 Å². The standard InChI is InChI=1S/C13H18N2O3.C8H8O3/c16-9-11(17)12-10(5-4-6-14-12)13(18)15-7-2-1-3-8-15;1-11-8-4-2-3-7(10)6(8)5-9/h4-6,11,16-17H,1-3,7-9H2;2-5,10H,1H3. The maximum atomic E-state index is 12.3. The van der Waals surface area contributed by atoms with Crippen LogP contribution < -0.4 is 4.74 Å². The maximum absolute atomic E-state index is 12.3. The summed E-state index contributed by atoms with van der Waals surface area (Å²) < 4.78 is 4.83. The normalized spacial score (nSPS) is 14.4. The summed E-state index contributed by atoms with van der Waals surface area (Å²) in [5, 5.41) is 27.8. The molecule has 1 aliphatic rings. The number of carbonyl (C=O) groups excluding carboxylic acids is 2. The third-order valence-electron chi connectivity index (χ3n) is 4.58. The lowest BCUT2D eigenvalue weighted by molar-refractivity contribution is 0.0695. The Hall–Kier alpha value is -2.97. The molecule has 2 heterocycles. The molecular weight excluding hydrogens is 376 g/mol. The molecular formula is C21H26N2O6. The molecule has 156 valence electrons. The third-order valence-corrected chi connectivity index (χ3v) is 4.58. The van der Waals surface area contributed by atoms with E-state index in [9.17, 15) is 14.7 Å². The van der Waals surface area contributed by atoms with Gasteiger partial charge in [0, 0.05) is 19.3 Å². The number of likely N-dealkylation sites (tertiary alicyclic amines) is 1. The summed E-state index contributed by atoms with van der Waals surface area (Å²) in [7, 11) is 1.45. The third kappa shape index (κ3) is 5.75. The molecule has 3 rings (SSSR count). The van der Waals surface area contributed by atoms with E-state index in [2.05, 4.69) is 4.98 Å². The fourth-order valence-corrected chi connectivity index (χ4v) is 3.05. The fourth-order valence-electron chi connectivity index (χ4n) is 3.05. The van der Waals surface area contributed by atoms with E-state index in [0.29, 0.717) is 17.6 Å². The van der Waals surface area contributed by atoms with Gasteiger partial charge in [-0.25, -0.2) is 0 Å². The highest BCUT2D eigenvalue weighted by Gasteiger charge is 2.23. The molecule has 1 aromatic heterocycles. The number of benzene rings is 1.